The SMILES string of the molecule is CCCC1CCC(C2CCC(c3ccc(OCC)c(C(F)F)c3)CC2)CC1.CCCC1CCC(C2CCC(c3ccc(OCC)c(C(F)F)c3F)CC2)CC1.CCCC1CCC(c2ccc(-c3ccc(OCC)c(F)c3C(F)(F)F)cc2)CC1.CCCCCC1CCC(c2ccc(-c3ccc(OCC)c(F)c3F)cc2)CC1. The van der Waals surface area contributed by atoms with E-state index in [-0.39, 0.29) is 53.1 Å². The monoisotopic (exact) mass is 1570 g/mol. The maximum absolute atomic E-state index is 14.9. The lowest BCUT2D eigenvalue weighted by atomic mass is 9.68. The number of alkyl halides is 7. The molecule has 112 heavy (non-hydrogen) atoms. The highest BCUT2D eigenvalue weighted by Crippen LogP contribution is 2.50. The number of hydrogen-bond acceptors (Lipinski definition) is 4. The summed E-state index contributed by atoms with van der Waals surface area (Å²) in [7, 11) is 0. The minimum absolute atomic E-state index is 0.0173. The predicted octanol–water partition coefficient (Wildman–Crippen LogP) is 31.8. The first-order valence-corrected chi connectivity index (χ1v) is 43.8. The molecule has 6 aliphatic carbocycles. The maximum Gasteiger partial charge on any atom is 0.419 e. The molecule has 0 aromatic heterocycles. The molecule has 6 saturated carbocycles. The minimum atomic E-state index is -4.80. The molecule has 6 fully saturated rings. The number of hydrogen-bond donors (Lipinski definition) is 0. The fourth-order valence-electron chi connectivity index (χ4n) is 20.1. The van der Waals surface area contributed by atoms with Crippen molar-refractivity contribution in [2.45, 2.75) is 316 Å². The fourth-order valence-corrected chi connectivity index (χ4v) is 20.1. The van der Waals surface area contributed by atoms with Gasteiger partial charge in [-0.15, -0.1) is 0 Å². The first kappa shape index (κ1) is 89.7. The summed E-state index contributed by atoms with van der Waals surface area (Å²) in [5.74, 6) is 4.52. The fraction of sp³-hybridized carbons (Fsp3) is 0.629. The van der Waals surface area contributed by atoms with Crippen molar-refractivity contribution in [3.8, 4) is 45.3 Å². The average Bonchev–Trinajstić information content (AvgIpc) is 0.851. The molecule has 0 saturated heterocycles. The summed E-state index contributed by atoms with van der Waals surface area (Å²) < 4.78 is 173. The molecule has 6 aromatic rings. The number of benzene rings is 6. The van der Waals surface area contributed by atoms with E-state index in [1.54, 1.807) is 57.2 Å². The smallest absolute Gasteiger partial charge is 0.419 e. The van der Waals surface area contributed by atoms with Crippen molar-refractivity contribution in [1.29, 1.82) is 0 Å². The van der Waals surface area contributed by atoms with Crippen LogP contribution >= 0.6 is 0 Å². The molecular weight excluding hydrogens is 1440 g/mol. The molecular formula is C97H131F11O4. The molecule has 0 heterocycles. The van der Waals surface area contributed by atoms with Crippen LogP contribution in [0.2, 0.25) is 0 Å². The van der Waals surface area contributed by atoms with Crippen LogP contribution < -0.4 is 18.9 Å². The molecule has 0 unspecified atom stereocenters. The zero-order valence-electron chi connectivity index (χ0n) is 68.6. The van der Waals surface area contributed by atoms with E-state index in [2.05, 4.69) is 39.8 Å². The third-order valence-electron chi connectivity index (χ3n) is 26.3. The molecule has 0 spiro atoms. The maximum atomic E-state index is 14.9. The largest absolute Gasteiger partial charge is 0.493 e. The van der Waals surface area contributed by atoms with Crippen molar-refractivity contribution < 1.29 is 67.2 Å². The number of halogens is 11. The van der Waals surface area contributed by atoms with Gasteiger partial charge in [0.1, 0.15) is 22.9 Å². The Labute approximate surface area is 664 Å². The van der Waals surface area contributed by atoms with Gasteiger partial charge in [-0.2, -0.15) is 17.6 Å². The van der Waals surface area contributed by atoms with Crippen LogP contribution in [-0.4, -0.2) is 26.4 Å². The molecule has 0 radical (unpaired) electrons. The summed E-state index contributed by atoms with van der Waals surface area (Å²) in [5.41, 5.74) is 3.45. The van der Waals surface area contributed by atoms with Gasteiger partial charge in [0.15, 0.2) is 23.1 Å². The summed E-state index contributed by atoms with van der Waals surface area (Å²) in [5, 5.41) is 0. The molecule has 0 amide bonds. The van der Waals surface area contributed by atoms with Gasteiger partial charge < -0.3 is 18.9 Å². The highest BCUT2D eigenvalue weighted by atomic mass is 19.4. The first-order valence-electron chi connectivity index (χ1n) is 43.8. The van der Waals surface area contributed by atoms with Crippen molar-refractivity contribution in [2.75, 3.05) is 26.4 Å². The molecule has 12 rings (SSSR count). The van der Waals surface area contributed by atoms with Gasteiger partial charge in [0, 0.05) is 5.56 Å². The van der Waals surface area contributed by atoms with E-state index < -0.39 is 53.4 Å². The Bertz CT molecular complexity index is 3690. The second-order valence-corrected chi connectivity index (χ2v) is 33.4. The van der Waals surface area contributed by atoms with E-state index in [4.69, 9.17) is 18.9 Å². The van der Waals surface area contributed by atoms with Crippen molar-refractivity contribution in [2.24, 2.45) is 47.3 Å². The molecule has 4 nitrogen and oxygen atoms in total. The van der Waals surface area contributed by atoms with Crippen LogP contribution in [0.15, 0.2) is 103 Å². The second-order valence-electron chi connectivity index (χ2n) is 33.4. The van der Waals surface area contributed by atoms with E-state index in [1.165, 1.54) is 197 Å². The quantitative estimate of drug-likeness (QED) is 0.0362. The average molecular weight is 1570 g/mol. The number of ether oxygens (including phenoxy) is 4. The van der Waals surface area contributed by atoms with Crippen LogP contribution in [0.5, 0.6) is 23.0 Å². The number of unbranched alkanes of at least 4 members (excludes halogenated alkanes) is 2. The van der Waals surface area contributed by atoms with Crippen LogP contribution in [0.25, 0.3) is 22.3 Å². The Morgan fingerprint density at radius 1 is 0.321 bits per heavy atom. The van der Waals surface area contributed by atoms with Crippen molar-refractivity contribution in [3.05, 3.63) is 165 Å². The predicted molar refractivity (Wildman–Crippen MR) is 435 cm³/mol. The van der Waals surface area contributed by atoms with Crippen molar-refractivity contribution in [1.82, 2.24) is 0 Å². The summed E-state index contributed by atoms with van der Waals surface area (Å²) in [6.07, 6.45) is 32.8. The molecule has 15 heteroatoms. The minimum Gasteiger partial charge on any atom is -0.493 e. The lowest BCUT2D eigenvalue weighted by Gasteiger charge is -2.38. The molecule has 6 aliphatic rings. The highest BCUT2D eigenvalue weighted by Gasteiger charge is 2.40. The van der Waals surface area contributed by atoms with Gasteiger partial charge in [0.05, 0.1) is 37.6 Å². The highest BCUT2D eigenvalue weighted by molar-refractivity contribution is 5.70. The Balaban J connectivity index is 0.000000171. The van der Waals surface area contributed by atoms with Crippen molar-refractivity contribution >= 4 is 0 Å². The van der Waals surface area contributed by atoms with Crippen LogP contribution in [0.1, 0.15) is 349 Å². The van der Waals surface area contributed by atoms with Gasteiger partial charge in [-0.05, 0) is 309 Å². The van der Waals surface area contributed by atoms with Gasteiger partial charge in [-0.1, -0.05) is 178 Å². The molecule has 6 aromatic carbocycles. The van der Waals surface area contributed by atoms with Gasteiger partial charge in [0.25, 0.3) is 12.9 Å². The normalized spacial score (nSPS) is 24.2. The van der Waals surface area contributed by atoms with E-state index in [9.17, 15) is 48.3 Å². The number of rotatable bonds is 28. The summed E-state index contributed by atoms with van der Waals surface area (Å²) in [4.78, 5) is 0. The van der Waals surface area contributed by atoms with Gasteiger partial charge >= 0.3 is 6.18 Å². The molecule has 0 N–H and O–H groups in total. The Kier molecular flexibility index (Phi) is 36.3. The zero-order chi connectivity index (χ0) is 80.3. The van der Waals surface area contributed by atoms with E-state index in [0.29, 0.717) is 53.4 Å². The van der Waals surface area contributed by atoms with E-state index in [0.717, 1.165) is 110 Å². The third kappa shape index (κ3) is 24.9. The lowest BCUT2D eigenvalue weighted by molar-refractivity contribution is -0.139. The first-order chi connectivity index (χ1) is 54.1. The standard InChI is InChI=1S/C25H32F2O.C24H28F4O.C24H35F3O.C24H36F2O/c1-3-5-6-7-18-8-10-19(11-9-18)20-12-14-21(15-13-20)22-16-17-23(28-4-2)25(27)24(22)26;1-3-5-16-6-8-17(9-7-16)18-10-12-19(13-11-18)20-14-15-21(29-4-2)23(25)22(20)24(26,27)28;1-3-5-16-6-8-17(9-7-16)18-10-12-19(13-11-18)20-14-15-21(28-4-2)22(23(20)25)24(26)27;1-3-5-17-6-8-18(9-7-17)19-10-12-20(13-11-19)21-14-15-23(27-4-2)22(16-21)24(25)26/h12-19H,3-11H2,1-2H3;10-17H,3-9H2,1-2H3;14-19,24H,3-13H2,1-2H3;14-20,24H,3-13H2,1-2H3. The van der Waals surface area contributed by atoms with Gasteiger partial charge in [-0.3, -0.25) is 0 Å². The summed E-state index contributed by atoms with van der Waals surface area (Å²) >= 11 is 0. The topological polar surface area (TPSA) is 36.9 Å². The summed E-state index contributed by atoms with van der Waals surface area (Å²) in [6, 6.07) is 29.5. The van der Waals surface area contributed by atoms with Crippen LogP contribution in [0.4, 0.5) is 48.3 Å². The van der Waals surface area contributed by atoms with Crippen LogP contribution in [0, 0.1) is 70.6 Å². The van der Waals surface area contributed by atoms with Crippen LogP contribution in [-0.2, 0) is 6.18 Å². The lowest BCUT2D eigenvalue weighted by Crippen LogP contribution is -2.25. The summed E-state index contributed by atoms with van der Waals surface area (Å²) in [6.45, 7) is 17.0. The van der Waals surface area contributed by atoms with Gasteiger partial charge in [0.2, 0.25) is 5.82 Å². The van der Waals surface area contributed by atoms with Gasteiger partial charge in [-0.25, -0.2) is 30.7 Å². The molecule has 620 valence electrons. The Morgan fingerprint density at radius 3 is 1.11 bits per heavy atom. The van der Waals surface area contributed by atoms with E-state index >= 15 is 0 Å². The molecule has 0 aliphatic heterocycles. The van der Waals surface area contributed by atoms with Crippen molar-refractivity contribution in [3.63, 3.8) is 0 Å². The van der Waals surface area contributed by atoms with E-state index in [1.807, 2.05) is 37.3 Å². The third-order valence-corrected chi connectivity index (χ3v) is 26.3. The Morgan fingerprint density at radius 2 is 0.679 bits per heavy atom. The molecule has 0 atom stereocenters. The molecule has 0 bridgehead atoms. The van der Waals surface area contributed by atoms with Crippen LogP contribution in [0.3, 0.4) is 0 Å². The Hall–Kier alpha value is -6.25. The second kappa shape index (κ2) is 45.3. The zero-order valence-corrected chi connectivity index (χ0v) is 68.6.